The molecule has 0 aliphatic heterocycles. The molecule has 30 heavy (non-hydrogen) atoms. The lowest BCUT2D eigenvalue weighted by Crippen LogP contribution is -2.15. The molecule has 0 aromatic heterocycles. The van der Waals surface area contributed by atoms with Gasteiger partial charge in [-0.2, -0.15) is 0 Å². The molecule has 0 heterocycles. The third-order valence-electron chi connectivity index (χ3n) is 4.96. The van der Waals surface area contributed by atoms with E-state index in [9.17, 15) is 4.79 Å². The molecule has 1 N–H and O–H groups in total. The zero-order chi connectivity index (χ0) is 21.3. The van der Waals surface area contributed by atoms with E-state index in [4.69, 9.17) is 9.47 Å². The Hall–Kier alpha value is -3.27. The summed E-state index contributed by atoms with van der Waals surface area (Å²) >= 11 is 0. The highest BCUT2D eigenvalue weighted by Crippen LogP contribution is 2.24. The Morgan fingerprint density at radius 3 is 2.00 bits per heavy atom. The SMILES string of the molecule is CCc1cccc(CC)c1NC(=O)c1ccc(OCCOc2cccc(C)c2)cc1. The number of rotatable bonds is 9. The molecule has 0 radical (unpaired) electrons. The quantitative estimate of drug-likeness (QED) is 0.457. The maximum Gasteiger partial charge on any atom is 0.255 e. The molecule has 0 aliphatic carbocycles. The lowest BCUT2D eigenvalue weighted by Gasteiger charge is -2.14. The number of hydrogen-bond acceptors (Lipinski definition) is 3. The molecule has 3 rings (SSSR count). The summed E-state index contributed by atoms with van der Waals surface area (Å²) in [6.45, 7) is 7.12. The van der Waals surface area contributed by atoms with Crippen molar-refractivity contribution >= 4 is 11.6 Å². The molecule has 4 heteroatoms. The van der Waals surface area contributed by atoms with Crippen molar-refractivity contribution in [3.63, 3.8) is 0 Å². The van der Waals surface area contributed by atoms with Crippen LogP contribution in [0.5, 0.6) is 11.5 Å². The van der Waals surface area contributed by atoms with Gasteiger partial charge in [0.15, 0.2) is 0 Å². The van der Waals surface area contributed by atoms with Crippen molar-refractivity contribution < 1.29 is 14.3 Å². The van der Waals surface area contributed by atoms with E-state index >= 15 is 0 Å². The predicted molar refractivity (Wildman–Crippen MR) is 122 cm³/mol. The van der Waals surface area contributed by atoms with Gasteiger partial charge in [0.05, 0.1) is 0 Å². The Labute approximate surface area is 178 Å². The van der Waals surface area contributed by atoms with Crippen molar-refractivity contribution in [2.75, 3.05) is 18.5 Å². The third kappa shape index (κ3) is 5.63. The molecule has 0 aliphatic rings. The van der Waals surface area contributed by atoms with E-state index in [-0.39, 0.29) is 5.91 Å². The topological polar surface area (TPSA) is 47.6 Å². The number of ether oxygens (including phenoxy) is 2. The van der Waals surface area contributed by atoms with Crippen LogP contribution in [-0.2, 0) is 12.8 Å². The standard InChI is InChI=1S/C26H29NO3/c1-4-20-9-7-10-21(5-2)25(20)27-26(28)22-12-14-23(15-13-22)29-16-17-30-24-11-6-8-19(3)18-24/h6-15,18H,4-5,16-17H2,1-3H3,(H,27,28). The van der Waals surface area contributed by atoms with Crippen LogP contribution in [0.1, 0.15) is 40.9 Å². The van der Waals surface area contributed by atoms with Crippen molar-refractivity contribution in [2.24, 2.45) is 0 Å². The van der Waals surface area contributed by atoms with Crippen LogP contribution in [0.25, 0.3) is 0 Å². The van der Waals surface area contributed by atoms with Gasteiger partial charge in [-0.15, -0.1) is 0 Å². The van der Waals surface area contributed by atoms with Crippen LogP contribution in [0.3, 0.4) is 0 Å². The number of para-hydroxylation sites is 1. The lowest BCUT2D eigenvalue weighted by molar-refractivity contribution is 0.102. The Morgan fingerprint density at radius 1 is 0.800 bits per heavy atom. The Balaban J connectivity index is 1.54. The fourth-order valence-electron chi connectivity index (χ4n) is 3.32. The van der Waals surface area contributed by atoms with E-state index in [1.54, 1.807) is 12.1 Å². The molecule has 0 unspecified atom stereocenters. The maximum absolute atomic E-state index is 12.7. The molecule has 1 amide bonds. The van der Waals surface area contributed by atoms with Crippen LogP contribution < -0.4 is 14.8 Å². The summed E-state index contributed by atoms with van der Waals surface area (Å²) in [5.74, 6) is 1.44. The van der Waals surface area contributed by atoms with Crippen molar-refractivity contribution in [2.45, 2.75) is 33.6 Å². The van der Waals surface area contributed by atoms with E-state index in [1.807, 2.05) is 49.4 Å². The highest BCUT2D eigenvalue weighted by Gasteiger charge is 2.12. The number of aryl methyl sites for hydroxylation is 3. The smallest absolute Gasteiger partial charge is 0.255 e. The fourth-order valence-corrected chi connectivity index (χ4v) is 3.32. The zero-order valence-electron chi connectivity index (χ0n) is 17.9. The van der Waals surface area contributed by atoms with Gasteiger partial charge in [-0.3, -0.25) is 4.79 Å². The van der Waals surface area contributed by atoms with Crippen LogP contribution in [0, 0.1) is 6.92 Å². The van der Waals surface area contributed by atoms with E-state index in [1.165, 1.54) is 0 Å². The van der Waals surface area contributed by atoms with Gasteiger partial charge in [0.1, 0.15) is 24.7 Å². The summed E-state index contributed by atoms with van der Waals surface area (Å²) in [5.41, 5.74) is 5.00. The van der Waals surface area contributed by atoms with Gasteiger partial charge in [0, 0.05) is 11.3 Å². The number of nitrogens with one attached hydrogen (secondary N) is 1. The van der Waals surface area contributed by atoms with Crippen LogP contribution in [0.15, 0.2) is 66.7 Å². The first-order valence-corrected chi connectivity index (χ1v) is 10.4. The molecular weight excluding hydrogens is 374 g/mol. The molecule has 0 saturated carbocycles. The van der Waals surface area contributed by atoms with Gasteiger partial charge in [0.2, 0.25) is 0 Å². The highest BCUT2D eigenvalue weighted by molar-refractivity contribution is 6.05. The molecule has 0 saturated heterocycles. The Morgan fingerprint density at radius 2 is 1.40 bits per heavy atom. The summed E-state index contributed by atoms with van der Waals surface area (Å²) in [5, 5.41) is 3.09. The van der Waals surface area contributed by atoms with Gasteiger partial charge in [-0.1, -0.05) is 44.2 Å². The Bertz CT molecular complexity index is 958. The number of carbonyl (C=O) groups excluding carboxylic acids is 1. The molecule has 3 aromatic carbocycles. The van der Waals surface area contributed by atoms with Gasteiger partial charge >= 0.3 is 0 Å². The minimum Gasteiger partial charge on any atom is -0.490 e. The fraction of sp³-hybridized carbons (Fsp3) is 0.269. The molecule has 4 nitrogen and oxygen atoms in total. The molecule has 0 fully saturated rings. The molecular formula is C26H29NO3. The minimum atomic E-state index is -0.111. The second-order valence-corrected chi connectivity index (χ2v) is 7.15. The van der Waals surface area contributed by atoms with E-state index in [0.717, 1.165) is 41.0 Å². The summed E-state index contributed by atoms with van der Waals surface area (Å²) in [6, 6.07) is 21.3. The monoisotopic (exact) mass is 403 g/mol. The first-order chi connectivity index (χ1) is 14.6. The molecule has 0 atom stereocenters. The zero-order valence-corrected chi connectivity index (χ0v) is 17.9. The molecule has 156 valence electrons. The van der Waals surface area contributed by atoms with Crippen LogP contribution >= 0.6 is 0 Å². The van der Waals surface area contributed by atoms with E-state index < -0.39 is 0 Å². The Kier molecular flexibility index (Phi) is 7.50. The summed E-state index contributed by atoms with van der Waals surface area (Å²) in [7, 11) is 0. The van der Waals surface area contributed by atoms with Crippen LogP contribution in [0.2, 0.25) is 0 Å². The summed E-state index contributed by atoms with van der Waals surface area (Å²) in [4.78, 5) is 12.7. The number of benzene rings is 3. The second-order valence-electron chi connectivity index (χ2n) is 7.15. The minimum absolute atomic E-state index is 0.111. The van der Waals surface area contributed by atoms with Gasteiger partial charge < -0.3 is 14.8 Å². The van der Waals surface area contributed by atoms with Gasteiger partial charge in [-0.25, -0.2) is 0 Å². The van der Waals surface area contributed by atoms with Crippen molar-refractivity contribution in [1.82, 2.24) is 0 Å². The average Bonchev–Trinajstić information content (AvgIpc) is 2.77. The first kappa shape index (κ1) is 21.4. The van der Waals surface area contributed by atoms with Crippen LogP contribution in [-0.4, -0.2) is 19.1 Å². The number of carbonyl (C=O) groups is 1. The largest absolute Gasteiger partial charge is 0.490 e. The lowest BCUT2D eigenvalue weighted by atomic mass is 10.0. The number of amides is 1. The molecule has 3 aromatic rings. The number of hydrogen-bond donors (Lipinski definition) is 1. The predicted octanol–water partition coefficient (Wildman–Crippen LogP) is 5.83. The van der Waals surface area contributed by atoms with Crippen molar-refractivity contribution in [3.8, 4) is 11.5 Å². The van der Waals surface area contributed by atoms with Gasteiger partial charge in [-0.05, 0) is 72.9 Å². The maximum atomic E-state index is 12.7. The highest BCUT2D eigenvalue weighted by atomic mass is 16.5. The van der Waals surface area contributed by atoms with Crippen molar-refractivity contribution in [3.05, 3.63) is 89.0 Å². The third-order valence-corrected chi connectivity index (χ3v) is 4.96. The van der Waals surface area contributed by atoms with E-state index in [0.29, 0.717) is 24.5 Å². The second kappa shape index (κ2) is 10.5. The molecule has 0 spiro atoms. The molecule has 0 bridgehead atoms. The summed E-state index contributed by atoms with van der Waals surface area (Å²) < 4.78 is 11.4. The first-order valence-electron chi connectivity index (χ1n) is 10.4. The number of anilines is 1. The summed E-state index contributed by atoms with van der Waals surface area (Å²) in [6.07, 6.45) is 1.75. The van der Waals surface area contributed by atoms with Gasteiger partial charge in [0.25, 0.3) is 5.91 Å². The normalized spacial score (nSPS) is 10.5. The van der Waals surface area contributed by atoms with Crippen molar-refractivity contribution in [1.29, 1.82) is 0 Å². The van der Waals surface area contributed by atoms with Crippen LogP contribution in [0.4, 0.5) is 5.69 Å². The average molecular weight is 404 g/mol. The van der Waals surface area contributed by atoms with E-state index in [2.05, 4.69) is 31.3 Å².